The molecule has 1 nitrogen and oxygen atoms in total. The number of hydrogen-bond acceptors (Lipinski definition) is 1. The number of rotatable bonds is 5. The van der Waals surface area contributed by atoms with E-state index >= 15 is 0 Å². The SMILES string of the molecule is COC(F)(C(F)(F)F)C(F)(C(C)C)C(C)(F)C(F)(F)C(F)(F)F. The summed E-state index contributed by atoms with van der Waals surface area (Å²) in [6.45, 7) is -0.174. The Labute approximate surface area is 123 Å². The summed E-state index contributed by atoms with van der Waals surface area (Å²) in [7, 11) is -0.133. The Morgan fingerprint density at radius 3 is 1.22 bits per heavy atom. The van der Waals surface area contributed by atoms with Crippen LogP contribution in [0.4, 0.5) is 48.3 Å². The number of ether oxygens (including phenoxy) is 1. The Balaban J connectivity index is 6.71. The van der Waals surface area contributed by atoms with E-state index in [1.54, 1.807) is 0 Å². The molecule has 0 aromatic carbocycles. The summed E-state index contributed by atoms with van der Waals surface area (Å²) < 4.78 is 148. The minimum Gasteiger partial charge on any atom is -0.340 e. The van der Waals surface area contributed by atoms with Gasteiger partial charge in [0.1, 0.15) is 0 Å². The van der Waals surface area contributed by atoms with E-state index in [2.05, 4.69) is 4.74 Å². The van der Waals surface area contributed by atoms with Gasteiger partial charge in [-0.2, -0.15) is 39.5 Å². The molecule has 0 rings (SSSR count). The van der Waals surface area contributed by atoms with Gasteiger partial charge >= 0.3 is 24.1 Å². The van der Waals surface area contributed by atoms with Gasteiger partial charge in [-0.15, -0.1) is 0 Å². The van der Waals surface area contributed by atoms with E-state index in [4.69, 9.17) is 0 Å². The Kier molecular flexibility index (Phi) is 5.43. The van der Waals surface area contributed by atoms with Crippen LogP contribution in [-0.4, -0.2) is 42.6 Å². The molecular formula is C11H13F11O. The van der Waals surface area contributed by atoms with Crippen molar-refractivity contribution in [3.8, 4) is 0 Å². The molecule has 0 aromatic rings. The fraction of sp³-hybridized carbons (Fsp3) is 1.00. The zero-order valence-electron chi connectivity index (χ0n) is 12.1. The molecule has 3 atom stereocenters. The molecule has 0 aliphatic rings. The highest BCUT2D eigenvalue weighted by Gasteiger charge is 2.86. The third-order valence-electron chi connectivity index (χ3n) is 3.54. The summed E-state index contributed by atoms with van der Waals surface area (Å²) in [5, 5.41) is 0. The second-order valence-corrected chi connectivity index (χ2v) is 5.24. The third kappa shape index (κ3) is 2.76. The summed E-state index contributed by atoms with van der Waals surface area (Å²) >= 11 is 0. The maximum Gasteiger partial charge on any atom is 0.456 e. The van der Waals surface area contributed by atoms with E-state index in [0.717, 1.165) is 0 Å². The van der Waals surface area contributed by atoms with Gasteiger partial charge in [0.2, 0.25) is 11.3 Å². The van der Waals surface area contributed by atoms with Crippen LogP contribution in [-0.2, 0) is 4.74 Å². The highest BCUT2D eigenvalue weighted by atomic mass is 19.4. The Morgan fingerprint density at radius 1 is 0.696 bits per heavy atom. The van der Waals surface area contributed by atoms with E-state index in [1.165, 1.54) is 0 Å². The van der Waals surface area contributed by atoms with Gasteiger partial charge < -0.3 is 4.74 Å². The monoisotopic (exact) mass is 370 g/mol. The molecule has 0 radical (unpaired) electrons. The largest absolute Gasteiger partial charge is 0.456 e. The molecule has 0 aromatic heterocycles. The highest BCUT2D eigenvalue weighted by Crippen LogP contribution is 2.61. The molecule has 12 heteroatoms. The van der Waals surface area contributed by atoms with Crippen LogP contribution in [0.15, 0.2) is 0 Å². The van der Waals surface area contributed by atoms with Crippen molar-refractivity contribution in [3.63, 3.8) is 0 Å². The molecule has 0 saturated heterocycles. The predicted octanol–water partition coefficient (Wildman–Crippen LogP) is 5.15. The minimum absolute atomic E-state index is 0.133. The van der Waals surface area contributed by atoms with Crippen LogP contribution >= 0.6 is 0 Å². The third-order valence-corrected chi connectivity index (χ3v) is 3.54. The first-order chi connectivity index (χ1) is 9.75. The fourth-order valence-electron chi connectivity index (χ4n) is 2.18. The van der Waals surface area contributed by atoms with Gasteiger partial charge in [0.05, 0.1) is 0 Å². The molecule has 0 saturated carbocycles. The number of hydrogen-bond donors (Lipinski definition) is 0. The second-order valence-electron chi connectivity index (χ2n) is 5.24. The molecule has 0 aliphatic heterocycles. The average Bonchev–Trinajstić information content (AvgIpc) is 2.32. The maximum absolute atomic E-state index is 14.7. The van der Waals surface area contributed by atoms with Gasteiger partial charge in [-0.3, -0.25) is 0 Å². The fourth-order valence-corrected chi connectivity index (χ4v) is 2.18. The van der Waals surface area contributed by atoms with Gasteiger partial charge in [-0.25, -0.2) is 8.78 Å². The van der Waals surface area contributed by atoms with Crippen molar-refractivity contribution in [2.75, 3.05) is 7.11 Å². The summed E-state index contributed by atoms with van der Waals surface area (Å²) in [6, 6.07) is 0. The molecule has 3 unspecified atom stereocenters. The van der Waals surface area contributed by atoms with Gasteiger partial charge in [-0.1, -0.05) is 13.8 Å². The number of methoxy groups -OCH3 is 1. The summed E-state index contributed by atoms with van der Waals surface area (Å²) in [6.07, 6.45) is -13.2. The summed E-state index contributed by atoms with van der Waals surface area (Å²) in [5.41, 5.74) is -11.1. The van der Waals surface area contributed by atoms with E-state index < -0.39 is 48.3 Å². The Morgan fingerprint density at radius 2 is 1.04 bits per heavy atom. The van der Waals surface area contributed by atoms with Crippen molar-refractivity contribution in [3.05, 3.63) is 0 Å². The molecule has 0 amide bonds. The zero-order chi connectivity index (χ0) is 19.3. The van der Waals surface area contributed by atoms with Crippen LogP contribution in [0.5, 0.6) is 0 Å². The van der Waals surface area contributed by atoms with Crippen LogP contribution in [0.2, 0.25) is 0 Å². The van der Waals surface area contributed by atoms with E-state index in [9.17, 15) is 48.3 Å². The maximum atomic E-state index is 14.7. The molecule has 23 heavy (non-hydrogen) atoms. The van der Waals surface area contributed by atoms with Crippen LogP contribution in [0.3, 0.4) is 0 Å². The highest BCUT2D eigenvalue weighted by molar-refractivity contribution is 5.18. The number of halogens is 11. The van der Waals surface area contributed by atoms with E-state index in [0.29, 0.717) is 13.8 Å². The lowest BCUT2D eigenvalue weighted by atomic mass is 9.70. The first kappa shape index (κ1) is 22.2. The van der Waals surface area contributed by atoms with Crippen molar-refractivity contribution in [1.29, 1.82) is 0 Å². The van der Waals surface area contributed by atoms with Crippen LogP contribution < -0.4 is 0 Å². The summed E-state index contributed by atoms with van der Waals surface area (Å²) in [5.74, 6) is -15.0. The quantitative estimate of drug-likeness (QED) is 0.608. The molecule has 0 aliphatic carbocycles. The lowest BCUT2D eigenvalue weighted by Gasteiger charge is -2.49. The molecule has 0 heterocycles. The lowest BCUT2D eigenvalue weighted by Crippen LogP contribution is -2.75. The Hall–Kier alpha value is -0.810. The van der Waals surface area contributed by atoms with E-state index in [1.807, 2.05) is 0 Å². The second kappa shape index (κ2) is 5.62. The van der Waals surface area contributed by atoms with Gasteiger partial charge in [0.15, 0.2) is 0 Å². The first-order valence-corrected chi connectivity index (χ1v) is 5.88. The molecule has 0 bridgehead atoms. The molecule has 0 spiro atoms. The first-order valence-electron chi connectivity index (χ1n) is 5.88. The molecule has 140 valence electrons. The standard InChI is InChI=1S/C11H13F11O/c1-5(2)7(13,9(16,23-4)11(20,21)22)6(3,12)8(14,15)10(17,18)19/h5H,1-4H3. The van der Waals surface area contributed by atoms with Crippen LogP contribution in [0.25, 0.3) is 0 Å². The predicted molar refractivity (Wildman–Crippen MR) is 56.1 cm³/mol. The van der Waals surface area contributed by atoms with Crippen molar-refractivity contribution in [2.24, 2.45) is 5.92 Å². The van der Waals surface area contributed by atoms with Crippen molar-refractivity contribution >= 4 is 0 Å². The lowest BCUT2D eigenvalue weighted by molar-refractivity contribution is -0.424. The number of alkyl halides is 11. The molecule has 0 fully saturated rings. The minimum atomic E-state index is -6.77. The van der Waals surface area contributed by atoms with Crippen LogP contribution in [0.1, 0.15) is 20.8 Å². The Bertz CT molecular complexity index is 425. The molecular weight excluding hydrogens is 357 g/mol. The summed E-state index contributed by atoms with van der Waals surface area (Å²) in [4.78, 5) is 0. The van der Waals surface area contributed by atoms with Gasteiger partial charge in [-0.05, 0) is 12.8 Å². The topological polar surface area (TPSA) is 9.23 Å². The van der Waals surface area contributed by atoms with E-state index in [-0.39, 0.29) is 7.11 Å². The smallest absolute Gasteiger partial charge is 0.340 e. The normalized spacial score (nSPS) is 22.4. The van der Waals surface area contributed by atoms with Crippen molar-refractivity contribution < 1.29 is 53.0 Å². The average molecular weight is 370 g/mol. The zero-order valence-corrected chi connectivity index (χ0v) is 12.1. The van der Waals surface area contributed by atoms with Gasteiger partial charge in [0.25, 0.3) is 0 Å². The van der Waals surface area contributed by atoms with Gasteiger partial charge in [0, 0.05) is 7.11 Å². The van der Waals surface area contributed by atoms with Crippen LogP contribution in [0, 0.1) is 5.92 Å². The van der Waals surface area contributed by atoms with Crippen molar-refractivity contribution in [2.45, 2.75) is 56.2 Å². The molecule has 0 N–H and O–H groups in total. The van der Waals surface area contributed by atoms with Crippen molar-refractivity contribution in [1.82, 2.24) is 0 Å².